The van der Waals surface area contributed by atoms with Crippen LogP contribution in [-0.4, -0.2) is 38.3 Å². The van der Waals surface area contributed by atoms with Crippen LogP contribution in [0, 0.1) is 16.0 Å². The zero-order chi connectivity index (χ0) is 16.6. The van der Waals surface area contributed by atoms with Gasteiger partial charge in [-0.2, -0.15) is 0 Å². The van der Waals surface area contributed by atoms with E-state index in [2.05, 4.69) is 16.9 Å². The minimum Gasteiger partial charge on any atom is -0.334 e. The van der Waals surface area contributed by atoms with Crippen molar-refractivity contribution in [3.63, 3.8) is 0 Å². The molecule has 23 heavy (non-hydrogen) atoms. The number of hydrogen-bond acceptors (Lipinski definition) is 4. The second-order valence-electron chi connectivity index (χ2n) is 5.96. The first-order valence-electron chi connectivity index (χ1n) is 7.58. The average molecular weight is 314 g/mol. The van der Waals surface area contributed by atoms with Crippen LogP contribution in [-0.2, 0) is 0 Å². The summed E-state index contributed by atoms with van der Waals surface area (Å²) in [6.45, 7) is 4.93. The third-order valence-electron chi connectivity index (χ3n) is 4.54. The Balaban J connectivity index is 1.85. The SMILES string of the molecule is C[C@@H]1CCN(C(=O)c2cnc(-c3cccc([N+](=O)[O-])c3)[nH]2)[C@@H]1C. The molecule has 0 bridgehead atoms. The second kappa shape index (κ2) is 5.83. The minimum atomic E-state index is -0.453. The molecule has 3 rings (SSSR count). The van der Waals surface area contributed by atoms with E-state index in [1.54, 1.807) is 12.1 Å². The molecule has 2 atom stereocenters. The molecule has 7 heteroatoms. The molecule has 1 aliphatic heterocycles. The Hall–Kier alpha value is -2.70. The fourth-order valence-electron chi connectivity index (χ4n) is 2.88. The summed E-state index contributed by atoms with van der Waals surface area (Å²) in [5.41, 5.74) is 0.988. The lowest BCUT2D eigenvalue weighted by molar-refractivity contribution is -0.384. The number of aromatic amines is 1. The zero-order valence-corrected chi connectivity index (χ0v) is 13.0. The Morgan fingerprint density at radius 2 is 2.22 bits per heavy atom. The number of nitrogens with zero attached hydrogens (tertiary/aromatic N) is 3. The topological polar surface area (TPSA) is 92.1 Å². The monoisotopic (exact) mass is 314 g/mol. The van der Waals surface area contributed by atoms with Crippen molar-refractivity contribution >= 4 is 11.6 Å². The largest absolute Gasteiger partial charge is 0.334 e. The number of aromatic nitrogens is 2. The first kappa shape index (κ1) is 15.2. The van der Waals surface area contributed by atoms with E-state index in [1.807, 2.05) is 11.8 Å². The summed E-state index contributed by atoms with van der Waals surface area (Å²) in [6, 6.07) is 6.38. The van der Waals surface area contributed by atoms with Crippen molar-refractivity contribution < 1.29 is 9.72 Å². The van der Waals surface area contributed by atoms with Crippen LogP contribution < -0.4 is 0 Å². The van der Waals surface area contributed by atoms with Crippen molar-refractivity contribution in [3.8, 4) is 11.4 Å². The lowest BCUT2D eigenvalue weighted by atomic mass is 10.1. The third-order valence-corrected chi connectivity index (χ3v) is 4.54. The van der Waals surface area contributed by atoms with Crippen LogP contribution >= 0.6 is 0 Å². The van der Waals surface area contributed by atoms with Gasteiger partial charge < -0.3 is 9.88 Å². The number of benzene rings is 1. The van der Waals surface area contributed by atoms with Crippen LogP contribution in [0.15, 0.2) is 30.5 Å². The Kier molecular flexibility index (Phi) is 3.85. The van der Waals surface area contributed by atoms with Gasteiger partial charge >= 0.3 is 0 Å². The normalized spacial score (nSPS) is 20.7. The fraction of sp³-hybridized carbons (Fsp3) is 0.375. The van der Waals surface area contributed by atoms with Crippen LogP contribution in [0.4, 0.5) is 5.69 Å². The first-order chi connectivity index (χ1) is 11.0. The van der Waals surface area contributed by atoms with Crippen LogP contribution in [0.3, 0.4) is 0 Å². The van der Waals surface area contributed by atoms with Gasteiger partial charge in [-0.15, -0.1) is 0 Å². The second-order valence-corrected chi connectivity index (χ2v) is 5.96. The van der Waals surface area contributed by atoms with Gasteiger partial charge in [0, 0.05) is 30.3 Å². The lowest BCUT2D eigenvalue weighted by Gasteiger charge is -2.22. The standard InChI is InChI=1S/C16H18N4O3/c1-10-6-7-19(11(10)2)16(21)14-9-17-15(18-14)12-4-3-5-13(8-12)20(22)23/h3-5,8-11H,6-7H2,1-2H3,(H,17,18)/t10-,11-/m1/s1. The number of non-ortho nitro benzene ring substituents is 1. The lowest BCUT2D eigenvalue weighted by Crippen LogP contribution is -2.35. The maximum atomic E-state index is 12.6. The summed E-state index contributed by atoms with van der Waals surface area (Å²) < 4.78 is 0. The summed E-state index contributed by atoms with van der Waals surface area (Å²) in [6.07, 6.45) is 2.49. The number of likely N-dealkylation sites (tertiary alicyclic amines) is 1. The third kappa shape index (κ3) is 2.81. The number of imidazole rings is 1. The first-order valence-corrected chi connectivity index (χ1v) is 7.58. The highest BCUT2D eigenvalue weighted by atomic mass is 16.6. The predicted molar refractivity (Wildman–Crippen MR) is 85.0 cm³/mol. The predicted octanol–water partition coefficient (Wildman–Crippen LogP) is 2.86. The number of carbonyl (C=O) groups is 1. The summed E-state index contributed by atoms with van der Waals surface area (Å²) in [5.74, 6) is 0.862. The maximum absolute atomic E-state index is 12.6. The van der Waals surface area contributed by atoms with Crippen molar-refractivity contribution in [2.75, 3.05) is 6.54 Å². The number of H-pyrrole nitrogens is 1. The Morgan fingerprint density at radius 1 is 1.43 bits per heavy atom. The van der Waals surface area contributed by atoms with Crippen LogP contribution in [0.1, 0.15) is 30.8 Å². The molecule has 1 N–H and O–H groups in total. The molecule has 0 spiro atoms. The number of nitro benzene ring substituents is 1. The smallest absolute Gasteiger partial charge is 0.272 e. The highest BCUT2D eigenvalue weighted by Gasteiger charge is 2.32. The molecule has 1 aromatic carbocycles. The number of amides is 1. The molecule has 1 saturated heterocycles. The molecule has 0 radical (unpaired) electrons. The maximum Gasteiger partial charge on any atom is 0.272 e. The minimum absolute atomic E-state index is 0.00577. The van der Waals surface area contributed by atoms with Gasteiger partial charge in [0.15, 0.2) is 0 Å². The van der Waals surface area contributed by atoms with Gasteiger partial charge in [-0.25, -0.2) is 4.98 Å². The highest BCUT2D eigenvalue weighted by Crippen LogP contribution is 2.26. The van der Waals surface area contributed by atoms with Crippen molar-refractivity contribution in [3.05, 3.63) is 46.3 Å². The summed E-state index contributed by atoms with van der Waals surface area (Å²) in [7, 11) is 0. The Labute approximate surface area is 133 Å². The van der Waals surface area contributed by atoms with Crippen molar-refractivity contribution in [1.82, 2.24) is 14.9 Å². The molecule has 0 unspecified atom stereocenters. The molecule has 2 heterocycles. The van der Waals surface area contributed by atoms with E-state index in [0.717, 1.165) is 13.0 Å². The quantitative estimate of drug-likeness (QED) is 0.696. The number of nitro groups is 1. The van der Waals surface area contributed by atoms with Gasteiger partial charge in [0.25, 0.3) is 11.6 Å². The van der Waals surface area contributed by atoms with Gasteiger partial charge in [0.1, 0.15) is 11.5 Å². The van der Waals surface area contributed by atoms with Gasteiger partial charge in [-0.3, -0.25) is 14.9 Å². The summed E-state index contributed by atoms with van der Waals surface area (Å²) in [5, 5.41) is 10.9. The molecule has 1 aliphatic rings. The van der Waals surface area contributed by atoms with E-state index in [4.69, 9.17) is 0 Å². The molecule has 120 valence electrons. The van der Waals surface area contributed by atoms with Crippen LogP contribution in [0.2, 0.25) is 0 Å². The van der Waals surface area contributed by atoms with E-state index in [0.29, 0.717) is 23.0 Å². The van der Waals surface area contributed by atoms with Crippen LogP contribution in [0.25, 0.3) is 11.4 Å². The average Bonchev–Trinajstić information content (AvgIpc) is 3.15. The van der Waals surface area contributed by atoms with Crippen molar-refractivity contribution in [2.45, 2.75) is 26.3 Å². The Morgan fingerprint density at radius 3 is 2.87 bits per heavy atom. The van der Waals surface area contributed by atoms with E-state index in [1.165, 1.54) is 18.3 Å². The van der Waals surface area contributed by atoms with Crippen molar-refractivity contribution in [2.24, 2.45) is 5.92 Å². The molecule has 0 aliphatic carbocycles. The number of hydrogen-bond donors (Lipinski definition) is 1. The van der Waals surface area contributed by atoms with Gasteiger partial charge in [-0.1, -0.05) is 19.1 Å². The number of nitrogens with one attached hydrogen (secondary N) is 1. The zero-order valence-electron chi connectivity index (χ0n) is 13.0. The molecule has 2 aromatic rings. The van der Waals surface area contributed by atoms with E-state index in [9.17, 15) is 14.9 Å². The summed E-state index contributed by atoms with van der Waals surface area (Å²) in [4.78, 5) is 32.0. The Bertz CT molecular complexity index is 755. The van der Waals surface area contributed by atoms with E-state index >= 15 is 0 Å². The molecule has 1 aromatic heterocycles. The highest BCUT2D eigenvalue weighted by molar-refractivity contribution is 5.93. The van der Waals surface area contributed by atoms with E-state index < -0.39 is 4.92 Å². The van der Waals surface area contributed by atoms with Crippen LogP contribution in [0.5, 0.6) is 0 Å². The molecular formula is C16H18N4O3. The fourth-order valence-corrected chi connectivity index (χ4v) is 2.88. The molecule has 1 amide bonds. The molecule has 0 saturated carbocycles. The van der Waals surface area contributed by atoms with Crippen molar-refractivity contribution in [1.29, 1.82) is 0 Å². The molecule has 1 fully saturated rings. The van der Waals surface area contributed by atoms with Gasteiger partial charge in [0.2, 0.25) is 0 Å². The van der Waals surface area contributed by atoms with Gasteiger partial charge in [-0.05, 0) is 19.3 Å². The van der Waals surface area contributed by atoms with Gasteiger partial charge in [0.05, 0.1) is 11.1 Å². The van der Waals surface area contributed by atoms with E-state index in [-0.39, 0.29) is 17.6 Å². The number of rotatable bonds is 3. The molecular weight excluding hydrogens is 296 g/mol. The number of carbonyl (C=O) groups excluding carboxylic acids is 1. The summed E-state index contributed by atoms with van der Waals surface area (Å²) >= 11 is 0. The molecule has 7 nitrogen and oxygen atoms in total.